The molecular weight excluding hydrogens is 238 g/mol. The SMILES string of the molecule is Cc1cccc(O[C@H](C)C(=O)N(C)C2CCCC2)c1. The van der Waals surface area contributed by atoms with Crippen LogP contribution < -0.4 is 4.74 Å². The molecule has 0 saturated heterocycles. The molecule has 1 aliphatic carbocycles. The Kier molecular flexibility index (Phi) is 4.46. The summed E-state index contributed by atoms with van der Waals surface area (Å²) in [5.41, 5.74) is 1.14. The van der Waals surface area contributed by atoms with Crippen molar-refractivity contribution in [2.45, 2.75) is 51.7 Å². The van der Waals surface area contributed by atoms with Gasteiger partial charge in [-0.1, -0.05) is 25.0 Å². The van der Waals surface area contributed by atoms with Crippen molar-refractivity contribution in [3.63, 3.8) is 0 Å². The molecule has 3 nitrogen and oxygen atoms in total. The van der Waals surface area contributed by atoms with Crippen LogP contribution in [0.15, 0.2) is 24.3 Å². The van der Waals surface area contributed by atoms with Crippen molar-refractivity contribution >= 4 is 5.91 Å². The van der Waals surface area contributed by atoms with Crippen molar-refractivity contribution in [1.82, 2.24) is 4.90 Å². The number of likely N-dealkylation sites (N-methyl/N-ethyl adjacent to an activating group) is 1. The van der Waals surface area contributed by atoms with Gasteiger partial charge in [0.2, 0.25) is 0 Å². The van der Waals surface area contributed by atoms with E-state index in [1.54, 1.807) is 0 Å². The first-order valence-electron chi connectivity index (χ1n) is 7.08. The second kappa shape index (κ2) is 6.09. The van der Waals surface area contributed by atoms with Gasteiger partial charge >= 0.3 is 0 Å². The van der Waals surface area contributed by atoms with E-state index >= 15 is 0 Å². The molecule has 1 amide bonds. The monoisotopic (exact) mass is 261 g/mol. The van der Waals surface area contributed by atoms with Gasteiger partial charge in [-0.05, 0) is 44.4 Å². The van der Waals surface area contributed by atoms with Gasteiger partial charge in [-0.2, -0.15) is 0 Å². The molecule has 1 saturated carbocycles. The summed E-state index contributed by atoms with van der Waals surface area (Å²) in [6, 6.07) is 8.22. The van der Waals surface area contributed by atoms with Crippen LogP contribution in [-0.4, -0.2) is 30.0 Å². The number of carbonyl (C=O) groups excluding carboxylic acids is 1. The number of hydrogen-bond acceptors (Lipinski definition) is 2. The van der Waals surface area contributed by atoms with E-state index in [0.717, 1.165) is 24.2 Å². The van der Waals surface area contributed by atoms with Gasteiger partial charge in [0.1, 0.15) is 5.75 Å². The first-order chi connectivity index (χ1) is 9.08. The van der Waals surface area contributed by atoms with E-state index in [-0.39, 0.29) is 5.91 Å². The predicted octanol–water partition coefficient (Wildman–Crippen LogP) is 3.16. The maximum atomic E-state index is 12.3. The standard InChI is InChI=1S/C16H23NO2/c1-12-7-6-10-15(11-12)19-13(2)16(18)17(3)14-8-4-5-9-14/h6-7,10-11,13-14H,4-5,8-9H2,1-3H3/t13-/m1/s1. The number of hydrogen-bond donors (Lipinski definition) is 0. The minimum atomic E-state index is -0.424. The number of benzene rings is 1. The molecule has 0 heterocycles. The lowest BCUT2D eigenvalue weighted by Crippen LogP contribution is -2.42. The fourth-order valence-corrected chi connectivity index (χ4v) is 2.70. The number of ether oxygens (including phenoxy) is 1. The summed E-state index contributed by atoms with van der Waals surface area (Å²) in [5, 5.41) is 0. The Hall–Kier alpha value is -1.51. The molecule has 1 fully saturated rings. The van der Waals surface area contributed by atoms with Crippen LogP contribution >= 0.6 is 0 Å². The Morgan fingerprint density at radius 1 is 1.37 bits per heavy atom. The molecule has 0 radical (unpaired) electrons. The van der Waals surface area contributed by atoms with E-state index in [1.807, 2.05) is 50.1 Å². The van der Waals surface area contributed by atoms with Gasteiger partial charge < -0.3 is 9.64 Å². The van der Waals surface area contributed by atoms with Gasteiger partial charge in [-0.15, -0.1) is 0 Å². The van der Waals surface area contributed by atoms with Crippen LogP contribution in [0.5, 0.6) is 5.75 Å². The average molecular weight is 261 g/mol. The third kappa shape index (κ3) is 3.49. The number of amides is 1. The van der Waals surface area contributed by atoms with Crippen molar-refractivity contribution in [1.29, 1.82) is 0 Å². The first-order valence-corrected chi connectivity index (χ1v) is 7.08. The maximum absolute atomic E-state index is 12.3. The zero-order valence-corrected chi connectivity index (χ0v) is 12.1. The smallest absolute Gasteiger partial charge is 0.263 e. The molecule has 104 valence electrons. The van der Waals surface area contributed by atoms with Gasteiger partial charge in [0.15, 0.2) is 6.10 Å². The third-order valence-electron chi connectivity index (χ3n) is 3.87. The van der Waals surface area contributed by atoms with E-state index in [2.05, 4.69) is 0 Å². The molecule has 0 N–H and O–H groups in total. The molecule has 1 aromatic rings. The van der Waals surface area contributed by atoms with Gasteiger partial charge in [0.05, 0.1) is 0 Å². The van der Waals surface area contributed by atoms with Crippen LogP contribution in [0.25, 0.3) is 0 Å². The number of aryl methyl sites for hydroxylation is 1. The highest BCUT2D eigenvalue weighted by atomic mass is 16.5. The summed E-state index contributed by atoms with van der Waals surface area (Å²) in [6.45, 7) is 3.85. The molecule has 2 rings (SSSR count). The van der Waals surface area contributed by atoms with Crippen molar-refractivity contribution in [2.75, 3.05) is 7.05 Å². The summed E-state index contributed by atoms with van der Waals surface area (Å²) >= 11 is 0. The molecule has 1 aliphatic rings. The zero-order chi connectivity index (χ0) is 13.8. The minimum absolute atomic E-state index is 0.0772. The van der Waals surface area contributed by atoms with E-state index in [0.29, 0.717) is 6.04 Å². The lowest BCUT2D eigenvalue weighted by atomic mass is 10.2. The fourth-order valence-electron chi connectivity index (χ4n) is 2.70. The Balaban J connectivity index is 1.95. The highest BCUT2D eigenvalue weighted by Gasteiger charge is 2.27. The van der Waals surface area contributed by atoms with Crippen LogP contribution in [0.3, 0.4) is 0 Å². The molecule has 3 heteroatoms. The fraction of sp³-hybridized carbons (Fsp3) is 0.562. The molecule has 0 aliphatic heterocycles. The molecule has 0 aromatic heterocycles. The summed E-state index contributed by atoms with van der Waals surface area (Å²) in [4.78, 5) is 14.2. The zero-order valence-electron chi connectivity index (χ0n) is 12.1. The molecule has 0 spiro atoms. The Bertz CT molecular complexity index is 438. The van der Waals surface area contributed by atoms with Crippen molar-refractivity contribution < 1.29 is 9.53 Å². The predicted molar refractivity (Wildman–Crippen MR) is 76.3 cm³/mol. The third-order valence-corrected chi connectivity index (χ3v) is 3.87. The number of nitrogens with zero attached hydrogens (tertiary/aromatic N) is 1. The Labute approximate surface area is 115 Å². The summed E-state index contributed by atoms with van der Waals surface area (Å²) < 4.78 is 5.75. The van der Waals surface area contributed by atoms with Gasteiger partial charge in [-0.25, -0.2) is 0 Å². The minimum Gasteiger partial charge on any atom is -0.481 e. The summed E-state index contributed by atoms with van der Waals surface area (Å²) in [7, 11) is 1.90. The van der Waals surface area contributed by atoms with Crippen LogP contribution in [0, 0.1) is 6.92 Å². The second-order valence-electron chi connectivity index (χ2n) is 5.46. The molecule has 0 bridgehead atoms. The first kappa shape index (κ1) is 13.9. The van der Waals surface area contributed by atoms with Crippen molar-refractivity contribution in [3.8, 4) is 5.75 Å². The quantitative estimate of drug-likeness (QED) is 0.833. The summed E-state index contributed by atoms with van der Waals surface area (Å²) in [5.74, 6) is 0.842. The van der Waals surface area contributed by atoms with Gasteiger partial charge in [0, 0.05) is 13.1 Å². The maximum Gasteiger partial charge on any atom is 0.263 e. The van der Waals surface area contributed by atoms with E-state index in [1.165, 1.54) is 12.8 Å². The van der Waals surface area contributed by atoms with Crippen molar-refractivity contribution in [3.05, 3.63) is 29.8 Å². The Morgan fingerprint density at radius 3 is 2.68 bits per heavy atom. The normalized spacial score (nSPS) is 17.2. The Morgan fingerprint density at radius 2 is 2.05 bits per heavy atom. The number of carbonyl (C=O) groups is 1. The van der Waals surface area contributed by atoms with Crippen LogP contribution in [0.4, 0.5) is 0 Å². The number of rotatable bonds is 4. The van der Waals surface area contributed by atoms with Crippen LogP contribution in [-0.2, 0) is 4.79 Å². The summed E-state index contributed by atoms with van der Waals surface area (Å²) in [6.07, 6.45) is 4.29. The van der Waals surface area contributed by atoms with Crippen LogP contribution in [0.2, 0.25) is 0 Å². The van der Waals surface area contributed by atoms with Crippen molar-refractivity contribution in [2.24, 2.45) is 0 Å². The lowest BCUT2D eigenvalue weighted by Gasteiger charge is -2.27. The molecule has 19 heavy (non-hydrogen) atoms. The topological polar surface area (TPSA) is 29.5 Å². The molecule has 1 aromatic carbocycles. The highest BCUT2D eigenvalue weighted by Crippen LogP contribution is 2.23. The van der Waals surface area contributed by atoms with Crippen LogP contribution in [0.1, 0.15) is 38.2 Å². The highest BCUT2D eigenvalue weighted by molar-refractivity contribution is 5.81. The largest absolute Gasteiger partial charge is 0.481 e. The lowest BCUT2D eigenvalue weighted by molar-refractivity contribution is -0.138. The average Bonchev–Trinajstić information content (AvgIpc) is 2.90. The van der Waals surface area contributed by atoms with E-state index < -0.39 is 6.10 Å². The van der Waals surface area contributed by atoms with E-state index in [4.69, 9.17) is 4.74 Å². The molecule has 0 unspecified atom stereocenters. The van der Waals surface area contributed by atoms with Gasteiger partial charge in [-0.3, -0.25) is 4.79 Å². The van der Waals surface area contributed by atoms with E-state index in [9.17, 15) is 4.79 Å². The van der Waals surface area contributed by atoms with Gasteiger partial charge in [0.25, 0.3) is 5.91 Å². The molecule has 1 atom stereocenters. The molecular formula is C16H23NO2. The second-order valence-corrected chi connectivity index (χ2v) is 5.46.